The molecule has 2 rings (SSSR count). The third-order valence-electron chi connectivity index (χ3n) is 2.22. The minimum absolute atomic E-state index is 0.218. The van der Waals surface area contributed by atoms with Gasteiger partial charge >= 0.3 is 0 Å². The summed E-state index contributed by atoms with van der Waals surface area (Å²) in [5.41, 5.74) is 6.77. The molecule has 0 saturated heterocycles. The number of nitrogens with two attached hydrogens (primary N) is 1. The number of nitrogens with zero attached hydrogens (tertiary/aromatic N) is 2. The van der Waals surface area contributed by atoms with Crippen LogP contribution in [0.15, 0.2) is 34.9 Å². The first-order valence-electron chi connectivity index (χ1n) is 4.92. The number of benzene rings is 1. The highest BCUT2D eigenvalue weighted by Crippen LogP contribution is 2.20. The molecule has 0 unspecified atom stereocenters. The zero-order valence-electron chi connectivity index (χ0n) is 9.14. The molecule has 6 heteroatoms. The number of rotatable bonds is 2. The van der Waals surface area contributed by atoms with Gasteiger partial charge < -0.3 is 11.1 Å². The zero-order valence-corrected chi connectivity index (χ0v) is 10.7. The van der Waals surface area contributed by atoms with Crippen molar-refractivity contribution in [3.8, 4) is 0 Å². The molecule has 1 amide bonds. The molecule has 0 aliphatic carbocycles. The number of carbonyl (C=O) groups is 1. The Balaban J connectivity index is 2.17. The highest BCUT2D eigenvalue weighted by molar-refractivity contribution is 9.10. The quantitative estimate of drug-likeness (QED) is 0.832. The van der Waals surface area contributed by atoms with Gasteiger partial charge in [0, 0.05) is 35.0 Å². The van der Waals surface area contributed by atoms with E-state index in [0.29, 0.717) is 21.5 Å². The van der Waals surface area contributed by atoms with Gasteiger partial charge in [-0.3, -0.25) is 9.48 Å². The molecule has 0 saturated carbocycles. The molecule has 1 aromatic carbocycles. The number of hydrogen-bond donors (Lipinski definition) is 2. The summed E-state index contributed by atoms with van der Waals surface area (Å²) in [5.74, 6) is 0.301. The van der Waals surface area contributed by atoms with Gasteiger partial charge in [0.25, 0.3) is 5.91 Å². The molecule has 88 valence electrons. The third-order valence-corrected chi connectivity index (χ3v) is 2.90. The molecule has 0 bridgehead atoms. The lowest BCUT2D eigenvalue weighted by molar-refractivity contribution is 0.102. The average Bonchev–Trinajstić information content (AvgIpc) is 2.68. The molecule has 0 spiro atoms. The second-order valence-electron chi connectivity index (χ2n) is 3.57. The summed E-state index contributed by atoms with van der Waals surface area (Å²) in [6, 6.07) is 6.74. The number of anilines is 2. The predicted molar refractivity (Wildman–Crippen MR) is 69.7 cm³/mol. The van der Waals surface area contributed by atoms with Crippen LogP contribution in [0.5, 0.6) is 0 Å². The van der Waals surface area contributed by atoms with Gasteiger partial charge in [0.2, 0.25) is 0 Å². The number of nitrogens with one attached hydrogen (secondary N) is 1. The van der Waals surface area contributed by atoms with Crippen molar-refractivity contribution in [2.45, 2.75) is 0 Å². The number of nitrogen functional groups attached to an aromatic ring is 1. The molecule has 1 heterocycles. The molecule has 1 aromatic heterocycles. The summed E-state index contributed by atoms with van der Waals surface area (Å²) in [6.07, 6.45) is 1.76. The van der Waals surface area contributed by atoms with Crippen LogP contribution in [0.3, 0.4) is 0 Å². The maximum Gasteiger partial charge on any atom is 0.256 e. The van der Waals surface area contributed by atoms with Gasteiger partial charge in [0.15, 0.2) is 5.82 Å². The van der Waals surface area contributed by atoms with E-state index in [1.54, 1.807) is 42.2 Å². The molecular weight excluding hydrogens is 284 g/mol. The fourth-order valence-electron chi connectivity index (χ4n) is 1.34. The second kappa shape index (κ2) is 4.58. The Bertz CT molecular complexity index is 564. The normalized spacial score (nSPS) is 10.2. The summed E-state index contributed by atoms with van der Waals surface area (Å²) in [5, 5.41) is 6.76. The van der Waals surface area contributed by atoms with E-state index in [1.165, 1.54) is 0 Å². The van der Waals surface area contributed by atoms with E-state index in [0.717, 1.165) is 0 Å². The van der Waals surface area contributed by atoms with Crippen molar-refractivity contribution < 1.29 is 4.79 Å². The number of hydrogen-bond acceptors (Lipinski definition) is 3. The Hall–Kier alpha value is -1.82. The molecule has 0 radical (unpaired) electrons. The monoisotopic (exact) mass is 294 g/mol. The largest absolute Gasteiger partial charge is 0.398 e. The first kappa shape index (κ1) is 11.7. The van der Waals surface area contributed by atoms with Gasteiger partial charge in [-0.15, -0.1) is 0 Å². The van der Waals surface area contributed by atoms with Crippen LogP contribution in [-0.2, 0) is 7.05 Å². The van der Waals surface area contributed by atoms with Crippen LogP contribution in [0.4, 0.5) is 11.5 Å². The van der Waals surface area contributed by atoms with Crippen molar-refractivity contribution in [2.75, 3.05) is 11.1 Å². The summed E-state index contributed by atoms with van der Waals surface area (Å²) >= 11 is 3.28. The van der Waals surface area contributed by atoms with Crippen molar-refractivity contribution in [2.24, 2.45) is 7.05 Å². The lowest BCUT2D eigenvalue weighted by atomic mass is 10.2. The fraction of sp³-hybridized carbons (Fsp3) is 0.0909. The molecule has 5 nitrogen and oxygen atoms in total. The van der Waals surface area contributed by atoms with Crippen LogP contribution in [-0.4, -0.2) is 15.7 Å². The minimum Gasteiger partial charge on any atom is -0.398 e. The molecule has 17 heavy (non-hydrogen) atoms. The van der Waals surface area contributed by atoms with E-state index in [2.05, 4.69) is 26.3 Å². The number of aromatic nitrogens is 2. The average molecular weight is 295 g/mol. The maximum absolute atomic E-state index is 11.9. The van der Waals surface area contributed by atoms with E-state index in [-0.39, 0.29) is 5.91 Å². The number of aryl methyl sites for hydroxylation is 1. The van der Waals surface area contributed by atoms with Crippen molar-refractivity contribution in [3.05, 3.63) is 40.5 Å². The fourth-order valence-corrected chi connectivity index (χ4v) is 1.72. The topological polar surface area (TPSA) is 72.9 Å². The lowest BCUT2D eigenvalue weighted by Gasteiger charge is -2.04. The van der Waals surface area contributed by atoms with E-state index >= 15 is 0 Å². The molecular formula is C11H11BrN4O. The Morgan fingerprint density at radius 2 is 2.24 bits per heavy atom. The van der Waals surface area contributed by atoms with Gasteiger partial charge in [0.1, 0.15) is 0 Å². The van der Waals surface area contributed by atoms with Crippen LogP contribution in [0.25, 0.3) is 0 Å². The summed E-state index contributed by atoms with van der Waals surface area (Å²) < 4.78 is 2.32. The SMILES string of the molecule is Cn1ccc(NC(=O)c2ccc(N)c(Br)c2)n1. The van der Waals surface area contributed by atoms with Crippen LogP contribution in [0, 0.1) is 0 Å². The van der Waals surface area contributed by atoms with Crippen LogP contribution in [0.2, 0.25) is 0 Å². The van der Waals surface area contributed by atoms with Gasteiger partial charge in [0.05, 0.1) is 0 Å². The first-order valence-corrected chi connectivity index (χ1v) is 5.71. The molecule has 3 N–H and O–H groups in total. The van der Waals surface area contributed by atoms with Gasteiger partial charge in [-0.2, -0.15) is 5.10 Å². The van der Waals surface area contributed by atoms with Gasteiger partial charge in [-0.25, -0.2) is 0 Å². The predicted octanol–water partition coefficient (Wildman–Crippen LogP) is 2.02. The van der Waals surface area contributed by atoms with Gasteiger partial charge in [-0.05, 0) is 34.1 Å². The Morgan fingerprint density at radius 1 is 1.47 bits per heavy atom. The summed E-state index contributed by atoms with van der Waals surface area (Å²) in [6.45, 7) is 0. The Morgan fingerprint density at radius 3 is 2.82 bits per heavy atom. The molecule has 2 aromatic rings. The van der Waals surface area contributed by atoms with E-state index in [4.69, 9.17) is 5.73 Å². The van der Waals surface area contributed by atoms with E-state index < -0.39 is 0 Å². The molecule has 0 aliphatic rings. The number of carbonyl (C=O) groups excluding carboxylic acids is 1. The van der Waals surface area contributed by atoms with Crippen LogP contribution < -0.4 is 11.1 Å². The van der Waals surface area contributed by atoms with Crippen LogP contribution in [0.1, 0.15) is 10.4 Å². The van der Waals surface area contributed by atoms with Crippen molar-refractivity contribution >= 4 is 33.3 Å². The zero-order chi connectivity index (χ0) is 12.4. The third kappa shape index (κ3) is 2.65. The first-order chi connectivity index (χ1) is 8.06. The summed E-state index contributed by atoms with van der Waals surface area (Å²) in [4.78, 5) is 11.9. The molecule has 0 atom stereocenters. The highest BCUT2D eigenvalue weighted by atomic mass is 79.9. The molecule has 0 fully saturated rings. The highest BCUT2D eigenvalue weighted by Gasteiger charge is 2.08. The number of amides is 1. The van der Waals surface area contributed by atoms with Gasteiger partial charge in [-0.1, -0.05) is 0 Å². The summed E-state index contributed by atoms with van der Waals surface area (Å²) in [7, 11) is 1.79. The second-order valence-corrected chi connectivity index (χ2v) is 4.42. The van der Waals surface area contributed by atoms with Crippen molar-refractivity contribution in [1.82, 2.24) is 9.78 Å². The lowest BCUT2D eigenvalue weighted by Crippen LogP contribution is -2.12. The standard InChI is InChI=1S/C11H11BrN4O/c1-16-5-4-10(15-16)14-11(17)7-2-3-9(13)8(12)6-7/h2-6H,13H2,1H3,(H,14,15,17). The van der Waals surface area contributed by atoms with Crippen LogP contribution >= 0.6 is 15.9 Å². The van der Waals surface area contributed by atoms with Crippen molar-refractivity contribution in [3.63, 3.8) is 0 Å². The maximum atomic E-state index is 11.9. The van der Waals surface area contributed by atoms with E-state index in [9.17, 15) is 4.79 Å². The van der Waals surface area contributed by atoms with E-state index in [1.807, 2.05) is 0 Å². The van der Waals surface area contributed by atoms with Crippen molar-refractivity contribution in [1.29, 1.82) is 0 Å². The Kier molecular flexibility index (Phi) is 3.14. The Labute approximate surface area is 107 Å². The minimum atomic E-state index is -0.218. The molecule has 0 aliphatic heterocycles. The number of halogens is 1. The smallest absolute Gasteiger partial charge is 0.256 e.